The number of hydrogen-bond acceptors (Lipinski definition) is 3. The van der Waals surface area contributed by atoms with Crippen molar-refractivity contribution in [2.45, 2.75) is 25.5 Å². The summed E-state index contributed by atoms with van der Waals surface area (Å²) in [5.74, 6) is 0. The van der Waals surface area contributed by atoms with Crippen LogP contribution in [0, 0.1) is 0 Å². The summed E-state index contributed by atoms with van der Waals surface area (Å²) in [6.07, 6.45) is 0.266. The molecule has 0 aliphatic carbocycles. The lowest BCUT2D eigenvalue weighted by Crippen LogP contribution is -2.26. The second-order valence-electron chi connectivity index (χ2n) is 2.68. The van der Waals surface area contributed by atoms with Gasteiger partial charge in [0.25, 0.3) is 0 Å². The van der Waals surface area contributed by atoms with Gasteiger partial charge in [-0.2, -0.15) is 0 Å². The number of thiophene rings is 1. The molecule has 4 heteroatoms. The minimum Gasteiger partial charge on any atom is -0.386 e. The van der Waals surface area contributed by atoms with Crippen molar-refractivity contribution in [3.05, 3.63) is 20.8 Å². The Hall–Kier alpha value is 0.1000. The van der Waals surface area contributed by atoms with Crippen molar-refractivity contribution in [2.75, 3.05) is 0 Å². The first kappa shape index (κ1) is 10.2. The van der Waals surface area contributed by atoms with Gasteiger partial charge in [0.05, 0.1) is 0 Å². The smallest absolute Gasteiger partial charge is 0.103 e. The molecule has 0 spiro atoms. The Balaban J connectivity index is 2.70. The van der Waals surface area contributed by atoms with Crippen LogP contribution in [0.2, 0.25) is 0 Å². The van der Waals surface area contributed by atoms with Gasteiger partial charge in [-0.15, -0.1) is 11.3 Å². The van der Waals surface area contributed by atoms with Crippen molar-refractivity contribution in [2.24, 2.45) is 5.73 Å². The first-order valence-corrected chi connectivity index (χ1v) is 5.50. The molecule has 0 aliphatic heterocycles. The van der Waals surface area contributed by atoms with Gasteiger partial charge >= 0.3 is 0 Å². The molecule has 0 saturated carbocycles. The SMILES string of the molecule is CCC(N)C(O)c1cc(Br)cs1. The van der Waals surface area contributed by atoms with Crippen LogP contribution in [0.3, 0.4) is 0 Å². The number of rotatable bonds is 3. The molecule has 2 atom stereocenters. The van der Waals surface area contributed by atoms with Crippen LogP contribution in [-0.4, -0.2) is 11.1 Å². The molecule has 0 fully saturated rings. The van der Waals surface area contributed by atoms with Gasteiger partial charge in [0, 0.05) is 20.8 Å². The van der Waals surface area contributed by atoms with Crippen LogP contribution in [0.15, 0.2) is 15.9 Å². The summed E-state index contributed by atoms with van der Waals surface area (Å²) >= 11 is 4.85. The summed E-state index contributed by atoms with van der Waals surface area (Å²) < 4.78 is 1.00. The monoisotopic (exact) mass is 249 g/mol. The van der Waals surface area contributed by atoms with Gasteiger partial charge in [0.2, 0.25) is 0 Å². The van der Waals surface area contributed by atoms with E-state index in [1.54, 1.807) is 0 Å². The molecule has 0 bridgehead atoms. The second-order valence-corrected chi connectivity index (χ2v) is 4.54. The Kier molecular flexibility index (Phi) is 3.71. The third-order valence-electron chi connectivity index (χ3n) is 1.76. The second kappa shape index (κ2) is 4.37. The van der Waals surface area contributed by atoms with Gasteiger partial charge in [-0.1, -0.05) is 6.92 Å². The van der Waals surface area contributed by atoms with Crippen molar-refractivity contribution in [3.8, 4) is 0 Å². The summed E-state index contributed by atoms with van der Waals surface area (Å²) in [7, 11) is 0. The molecule has 0 radical (unpaired) electrons. The summed E-state index contributed by atoms with van der Waals surface area (Å²) in [6, 6.07) is 1.75. The summed E-state index contributed by atoms with van der Waals surface area (Å²) in [5, 5.41) is 11.6. The van der Waals surface area contributed by atoms with Crippen LogP contribution >= 0.6 is 27.3 Å². The van der Waals surface area contributed by atoms with Crippen molar-refractivity contribution >= 4 is 27.3 Å². The number of aliphatic hydroxyl groups excluding tert-OH is 1. The molecule has 2 nitrogen and oxygen atoms in total. The molecule has 12 heavy (non-hydrogen) atoms. The largest absolute Gasteiger partial charge is 0.386 e. The summed E-state index contributed by atoms with van der Waals surface area (Å²) in [4.78, 5) is 0.927. The van der Waals surface area contributed by atoms with Gasteiger partial charge < -0.3 is 10.8 Å². The van der Waals surface area contributed by atoms with E-state index in [1.807, 2.05) is 18.4 Å². The summed E-state index contributed by atoms with van der Waals surface area (Å²) in [5.41, 5.74) is 5.70. The number of nitrogens with two attached hydrogens (primary N) is 1. The molecule has 1 heterocycles. The fraction of sp³-hybridized carbons (Fsp3) is 0.500. The molecular formula is C8H12BrNOS. The Labute approximate surface area is 84.5 Å². The normalized spacial score (nSPS) is 16.0. The molecule has 1 rings (SSSR count). The van der Waals surface area contributed by atoms with E-state index in [0.717, 1.165) is 15.8 Å². The Morgan fingerprint density at radius 3 is 2.83 bits per heavy atom. The predicted octanol–water partition coefficient (Wildman–Crippen LogP) is 2.28. The topological polar surface area (TPSA) is 46.2 Å². The Bertz CT molecular complexity index is 251. The molecule has 1 aromatic rings. The standard InChI is InChI=1S/C8H12BrNOS/c1-2-6(10)8(11)7-3-5(9)4-12-7/h3-4,6,8,11H,2,10H2,1H3. The van der Waals surface area contributed by atoms with Crippen LogP contribution in [0.4, 0.5) is 0 Å². The van der Waals surface area contributed by atoms with E-state index in [2.05, 4.69) is 15.9 Å². The number of hydrogen-bond donors (Lipinski definition) is 2. The highest BCUT2D eigenvalue weighted by atomic mass is 79.9. The maximum Gasteiger partial charge on any atom is 0.103 e. The first-order chi connectivity index (χ1) is 5.65. The third kappa shape index (κ3) is 2.29. The zero-order valence-corrected chi connectivity index (χ0v) is 9.23. The van der Waals surface area contributed by atoms with E-state index in [9.17, 15) is 5.11 Å². The van der Waals surface area contributed by atoms with E-state index in [-0.39, 0.29) is 6.04 Å². The third-order valence-corrected chi connectivity index (χ3v) is 3.52. The maximum atomic E-state index is 9.67. The lowest BCUT2D eigenvalue weighted by molar-refractivity contribution is 0.148. The van der Waals surface area contributed by atoms with Gasteiger partial charge in [0.1, 0.15) is 6.10 Å². The maximum absolute atomic E-state index is 9.67. The quantitative estimate of drug-likeness (QED) is 0.864. The van der Waals surface area contributed by atoms with Crippen LogP contribution in [-0.2, 0) is 0 Å². The van der Waals surface area contributed by atoms with Gasteiger partial charge in [0.15, 0.2) is 0 Å². The average molecular weight is 250 g/mol. The van der Waals surface area contributed by atoms with Gasteiger partial charge in [-0.05, 0) is 28.4 Å². The minimum absolute atomic E-state index is 0.157. The Morgan fingerprint density at radius 2 is 2.42 bits per heavy atom. The molecule has 0 saturated heterocycles. The number of aliphatic hydroxyl groups is 1. The lowest BCUT2D eigenvalue weighted by atomic mass is 10.1. The molecule has 2 unspecified atom stereocenters. The van der Waals surface area contributed by atoms with E-state index < -0.39 is 6.10 Å². The zero-order chi connectivity index (χ0) is 9.14. The van der Waals surface area contributed by atoms with E-state index in [1.165, 1.54) is 11.3 Å². The average Bonchev–Trinajstić information content (AvgIpc) is 2.49. The van der Waals surface area contributed by atoms with Crippen LogP contribution in [0.25, 0.3) is 0 Å². The highest BCUT2D eigenvalue weighted by Gasteiger charge is 2.16. The van der Waals surface area contributed by atoms with Crippen LogP contribution < -0.4 is 5.73 Å². The molecule has 0 aliphatic rings. The number of halogens is 1. The fourth-order valence-corrected chi connectivity index (χ4v) is 2.42. The minimum atomic E-state index is -0.522. The first-order valence-electron chi connectivity index (χ1n) is 3.82. The van der Waals surface area contributed by atoms with E-state index >= 15 is 0 Å². The van der Waals surface area contributed by atoms with E-state index in [0.29, 0.717) is 0 Å². The predicted molar refractivity (Wildman–Crippen MR) is 55.2 cm³/mol. The molecule has 1 aromatic heterocycles. The summed E-state index contributed by atoms with van der Waals surface area (Å²) in [6.45, 7) is 1.97. The Morgan fingerprint density at radius 1 is 1.75 bits per heavy atom. The highest BCUT2D eigenvalue weighted by molar-refractivity contribution is 9.10. The molecule has 3 N–H and O–H groups in total. The van der Waals surface area contributed by atoms with Crippen LogP contribution in [0.1, 0.15) is 24.3 Å². The highest BCUT2D eigenvalue weighted by Crippen LogP contribution is 2.27. The van der Waals surface area contributed by atoms with Crippen LogP contribution in [0.5, 0.6) is 0 Å². The van der Waals surface area contributed by atoms with Gasteiger partial charge in [-0.3, -0.25) is 0 Å². The van der Waals surface area contributed by atoms with E-state index in [4.69, 9.17) is 5.73 Å². The molecule has 0 amide bonds. The zero-order valence-electron chi connectivity index (χ0n) is 6.83. The fourth-order valence-electron chi connectivity index (χ4n) is 0.918. The van der Waals surface area contributed by atoms with Crippen molar-refractivity contribution in [3.63, 3.8) is 0 Å². The lowest BCUT2D eigenvalue weighted by Gasteiger charge is -2.14. The van der Waals surface area contributed by atoms with Crippen molar-refractivity contribution in [1.82, 2.24) is 0 Å². The van der Waals surface area contributed by atoms with Crippen molar-refractivity contribution < 1.29 is 5.11 Å². The van der Waals surface area contributed by atoms with Gasteiger partial charge in [-0.25, -0.2) is 0 Å². The molecular weight excluding hydrogens is 238 g/mol. The molecule has 0 aromatic carbocycles. The van der Waals surface area contributed by atoms with Crippen molar-refractivity contribution in [1.29, 1.82) is 0 Å². The molecule has 68 valence electrons.